The molecule has 6 nitrogen and oxygen atoms in total. The van der Waals surface area contributed by atoms with Crippen molar-refractivity contribution in [3.8, 4) is 0 Å². The van der Waals surface area contributed by atoms with Gasteiger partial charge in [-0.05, 0) is 44.5 Å². The number of carbonyl (C=O) groups excluding carboxylic acids is 1. The predicted octanol–water partition coefficient (Wildman–Crippen LogP) is 0.445. The van der Waals surface area contributed by atoms with Gasteiger partial charge in [0.05, 0.1) is 0 Å². The predicted molar refractivity (Wildman–Crippen MR) is 87.0 cm³/mol. The fourth-order valence-corrected chi connectivity index (χ4v) is 3.44. The fourth-order valence-electron chi connectivity index (χ4n) is 3.44. The van der Waals surface area contributed by atoms with Gasteiger partial charge in [0, 0.05) is 32.2 Å². The van der Waals surface area contributed by atoms with E-state index in [-0.39, 0.29) is 0 Å². The number of hydrogen-bond donors (Lipinski definition) is 2. The van der Waals surface area contributed by atoms with Crippen LogP contribution in [-0.4, -0.2) is 61.1 Å². The minimum atomic E-state index is -0.465. The molecule has 2 fully saturated rings. The third-order valence-corrected chi connectivity index (χ3v) is 4.67. The van der Waals surface area contributed by atoms with Crippen LogP contribution in [0.4, 0.5) is 5.82 Å². The minimum Gasteiger partial charge on any atom is -0.364 e. The van der Waals surface area contributed by atoms with Gasteiger partial charge in [0.25, 0.3) is 5.91 Å². The molecule has 0 bridgehead atoms. The summed E-state index contributed by atoms with van der Waals surface area (Å²) in [5.74, 6) is 0.400. The van der Waals surface area contributed by atoms with Gasteiger partial charge in [0.1, 0.15) is 11.5 Å². The molecule has 2 aliphatic rings. The Bertz CT molecular complexity index is 515. The second-order valence-corrected chi connectivity index (χ2v) is 6.10. The molecule has 2 saturated heterocycles. The van der Waals surface area contributed by atoms with Gasteiger partial charge in [0.2, 0.25) is 0 Å². The van der Waals surface area contributed by atoms with Crippen molar-refractivity contribution >= 4 is 11.7 Å². The zero-order valence-corrected chi connectivity index (χ0v) is 13.0. The van der Waals surface area contributed by atoms with Crippen molar-refractivity contribution in [3.63, 3.8) is 0 Å². The maximum absolute atomic E-state index is 11.3. The Kier molecular flexibility index (Phi) is 4.90. The maximum atomic E-state index is 11.3. The van der Waals surface area contributed by atoms with E-state index in [1.165, 1.54) is 12.8 Å². The topological polar surface area (TPSA) is 74.5 Å². The van der Waals surface area contributed by atoms with Gasteiger partial charge in [-0.1, -0.05) is 6.07 Å². The van der Waals surface area contributed by atoms with E-state index in [1.54, 1.807) is 6.07 Å². The molecular weight excluding hydrogens is 278 g/mol. The van der Waals surface area contributed by atoms with Crippen molar-refractivity contribution in [1.29, 1.82) is 0 Å². The van der Waals surface area contributed by atoms with E-state index in [4.69, 9.17) is 5.73 Å². The van der Waals surface area contributed by atoms with E-state index in [9.17, 15) is 4.79 Å². The van der Waals surface area contributed by atoms with E-state index >= 15 is 0 Å². The smallest absolute Gasteiger partial charge is 0.267 e. The number of nitrogens with one attached hydrogen (secondary N) is 1. The first-order chi connectivity index (χ1) is 10.7. The normalized spacial score (nSPS) is 21.5. The summed E-state index contributed by atoms with van der Waals surface area (Å²) in [6.45, 7) is 6.42. The molecule has 0 spiro atoms. The molecular formula is C16H25N5O. The number of amides is 1. The van der Waals surface area contributed by atoms with E-state index in [1.807, 2.05) is 12.1 Å². The molecule has 120 valence electrons. The van der Waals surface area contributed by atoms with Gasteiger partial charge in [-0.25, -0.2) is 4.98 Å². The van der Waals surface area contributed by atoms with Crippen LogP contribution >= 0.6 is 0 Å². The van der Waals surface area contributed by atoms with E-state index < -0.39 is 5.91 Å². The van der Waals surface area contributed by atoms with Gasteiger partial charge in [-0.15, -0.1) is 0 Å². The summed E-state index contributed by atoms with van der Waals surface area (Å²) in [4.78, 5) is 20.6. The van der Waals surface area contributed by atoms with Gasteiger partial charge >= 0.3 is 0 Å². The van der Waals surface area contributed by atoms with Crippen LogP contribution in [0.1, 0.15) is 29.8 Å². The van der Waals surface area contributed by atoms with Crippen LogP contribution in [0.3, 0.4) is 0 Å². The lowest BCUT2D eigenvalue weighted by atomic mass is 10.0. The average molecular weight is 303 g/mol. The number of piperidine rings is 1. The maximum Gasteiger partial charge on any atom is 0.267 e. The highest BCUT2D eigenvalue weighted by Gasteiger charge is 2.24. The Balaban J connectivity index is 1.64. The third-order valence-electron chi connectivity index (χ3n) is 4.67. The molecule has 0 atom stereocenters. The molecule has 0 aromatic carbocycles. The van der Waals surface area contributed by atoms with Crippen LogP contribution in [-0.2, 0) is 0 Å². The van der Waals surface area contributed by atoms with Gasteiger partial charge in [-0.3, -0.25) is 9.69 Å². The highest BCUT2D eigenvalue weighted by molar-refractivity contribution is 5.91. The lowest BCUT2D eigenvalue weighted by molar-refractivity contribution is 0.0995. The number of carbonyl (C=O) groups is 1. The van der Waals surface area contributed by atoms with Crippen LogP contribution in [0.25, 0.3) is 0 Å². The molecule has 1 amide bonds. The van der Waals surface area contributed by atoms with Crippen molar-refractivity contribution in [1.82, 2.24) is 15.2 Å². The molecule has 0 saturated carbocycles. The highest BCUT2D eigenvalue weighted by Crippen LogP contribution is 2.18. The summed E-state index contributed by atoms with van der Waals surface area (Å²) in [5.41, 5.74) is 5.67. The summed E-state index contributed by atoms with van der Waals surface area (Å²) in [6, 6.07) is 6.21. The summed E-state index contributed by atoms with van der Waals surface area (Å²) >= 11 is 0. The number of rotatable bonds is 3. The van der Waals surface area contributed by atoms with Crippen molar-refractivity contribution in [2.24, 2.45) is 5.73 Å². The van der Waals surface area contributed by atoms with Gasteiger partial charge in [-0.2, -0.15) is 0 Å². The number of anilines is 1. The van der Waals surface area contributed by atoms with Crippen molar-refractivity contribution < 1.29 is 4.79 Å². The number of nitrogens with two attached hydrogens (primary N) is 1. The summed E-state index contributed by atoms with van der Waals surface area (Å²) in [6.07, 6.45) is 3.62. The number of hydrogen-bond acceptors (Lipinski definition) is 5. The molecule has 0 radical (unpaired) electrons. The Labute approximate surface area is 131 Å². The third kappa shape index (κ3) is 3.56. The summed E-state index contributed by atoms with van der Waals surface area (Å²) in [7, 11) is 0. The second kappa shape index (κ2) is 7.07. The molecule has 3 heterocycles. The van der Waals surface area contributed by atoms with Crippen molar-refractivity contribution in [2.75, 3.05) is 44.2 Å². The summed E-state index contributed by atoms with van der Waals surface area (Å²) in [5, 5.41) is 3.43. The molecule has 3 N–H and O–H groups in total. The summed E-state index contributed by atoms with van der Waals surface area (Å²) < 4.78 is 0. The SMILES string of the molecule is NC(=O)c1cccc(N2CCCN(C3CCNCC3)CC2)n1. The lowest BCUT2D eigenvalue weighted by Gasteiger charge is -2.33. The molecule has 1 aromatic heterocycles. The number of pyridine rings is 1. The van der Waals surface area contributed by atoms with Gasteiger partial charge < -0.3 is 16.0 Å². The molecule has 1 aromatic rings. The number of aromatic nitrogens is 1. The largest absolute Gasteiger partial charge is 0.364 e. The lowest BCUT2D eigenvalue weighted by Crippen LogP contribution is -2.44. The fraction of sp³-hybridized carbons (Fsp3) is 0.625. The van der Waals surface area contributed by atoms with E-state index in [0.717, 1.165) is 51.5 Å². The van der Waals surface area contributed by atoms with Crippen molar-refractivity contribution in [3.05, 3.63) is 23.9 Å². The first-order valence-corrected chi connectivity index (χ1v) is 8.20. The molecule has 2 aliphatic heterocycles. The first-order valence-electron chi connectivity index (χ1n) is 8.20. The Morgan fingerprint density at radius 3 is 2.77 bits per heavy atom. The van der Waals surface area contributed by atoms with Crippen LogP contribution in [0.15, 0.2) is 18.2 Å². The highest BCUT2D eigenvalue weighted by atomic mass is 16.1. The van der Waals surface area contributed by atoms with Gasteiger partial charge in [0.15, 0.2) is 0 Å². The standard InChI is InChI=1S/C16H25N5O/c17-16(22)14-3-1-4-15(19-14)21-10-2-9-20(11-12-21)13-5-7-18-8-6-13/h1,3-4,13,18H,2,5-12H2,(H2,17,22). The van der Waals surface area contributed by atoms with Crippen molar-refractivity contribution in [2.45, 2.75) is 25.3 Å². The van der Waals surface area contributed by atoms with Crippen LogP contribution in [0.5, 0.6) is 0 Å². The Morgan fingerprint density at radius 2 is 2.00 bits per heavy atom. The second-order valence-electron chi connectivity index (χ2n) is 6.10. The molecule has 0 unspecified atom stereocenters. The molecule has 3 rings (SSSR count). The molecule has 6 heteroatoms. The van der Waals surface area contributed by atoms with Crippen LogP contribution < -0.4 is 16.0 Å². The quantitative estimate of drug-likeness (QED) is 0.848. The van der Waals surface area contributed by atoms with Crippen LogP contribution in [0, 0.1) is 0 Å². The minimum absolute atomic E-state index is 0.344. The Hall–Kier alpha value is -1.66. The van der Waals surface area contributed by atoms with E-state index in [0.29, 0.717) is 11.7 Å². The monoisotopic (exact) mass is 303 g/mol. The molecule has 22 heavy (non-hydrogen) atoms. The van der Waals surface area contributed by atoms with Crippen LogP contribution in [0.2, 0.25) is 0 Å². The Morgan fingerprint density at radius 1 is 1.18 bits per heavy atom. The van der Waals surface area contributed by atoms with E-state index in [2.05, 4.69) is 20.1 Å². The number of primary amides is 1. The average Bonchev–Trinajstić information content (AvgIpc) is 2.82. The zero-order valence-electron chi connectivity index (χ0n) is 13.0. The first kappa shape index (κ1) is 15.2. The zero-order chi connectivity index (χ0) is 15.4. The number of nitrogens with zero attached hydrogens (tertiary/aromatic N) is 3. The molecule has 0 aliphatic carbocycles.